The lowest BCUT2D eigenvalue weighted by Gasteiger charge is -2.40. The second-order valence-corrected chi connectivity index (χ2v) is 7.27. The summed E-state index contributed by atoms with van der Waals surface area (Å²) in [6.45, 7) is 0.810. The smallest absolute Gasteiger partial charge is 0.238 e. The molecule has 0 saturated heterocycles. The molecule has 1 saturated carbocycles. The zero-order chi connectivity index (χ0) is 15.5. The molecule has 0 aliphatic heterocycles. The Hall–Kier alpha value is -1.44. The summed E-state index contributed by atoms with van der Waals surface area (Å²) in [5.41, 5.74) is 6.40. The molecular weight excluding hydrogens is 290 g/mol. The first kappa shape index (κ1) is 15.9. The number of sulfonamides is 1. The van der Waals surface area contributed by atoms with E-state index in [4.69, 9.17) is 10.9 Å². The van der Waals surface area contributed by atoms with Gasteiger partial charge in [0.15, 0.2) is 0 Å². The number of nitrogens with two attached hydrogens (primary N) is 2. The average Bonchev–Trinajstić information content (AvgIpc) is 2.40. The molecule has 7 heteroatoms. The topological polar surface area (TPSA) is 115 Å². The van der Waals surface area contributed by atoms with Gasteiger partial charge in [0.1, 0.15) is 0 Å². The van der Waals surface area contributed by atoms with Crippen molar-refractivity contribution in [3.8, 4) is 0 Å². The summed E-state index contributed by atoms with van der Waals surface area (Å²) < 4.78 is 22.5. The summed E-state index contributed by atoms with van der Waals surface area (Å²) >= 11 is 0. The first-order chi connectivity index (χ1) is 9.85. The van der Waals surface area contributed by atoms with Crippen molar-refractivity contribution in [1.29, 1.82) is 0 Å². The van der Waals surface area contributed by atoms with Crippen molar-refractivity contribution in [3.05, 3.63) is 29.8 Å². The van der Waals surface area contributed by atoms with Crippen molar-refractivity contribution in [2.75, 3.05) is 6.54 Å². The van der Waals surface area contributed by atoms with Gasteiger partial charge in [0.05, 0.1) is 4.90 Å². The minimum atomic E-state index is -3.72. The summed E-state index contributed by atoms with van der Waals surface area (Å²) in [5.74, 6) is -0.0545. The Morgan fingerprint density at radius 1 is 1.33 bits per heavy atom. The number of carbonyl (C=O) groups excluding carboxylic acids is 1. The van der Waals surface area contributed by atoms with Gasteiger partial charge in [-0.15, -0.1) is 0 Å². The lowest BCUT2D eigenvalue weighted by Crippen LogP contribution is -2.41. The predicted octanol–water partition coefficient (Wildman–Crippen LogP) is 0.469. The molecule has 0 bridgehead atoms. The van der Waals surface area contributed by atoms with Gasteiger partial charge in [-0.05, 0) is 42.5 Å². The number of hydrogen-bond acceptors (Lipinski definition) is 4. The molecule has 0 unspecified atom stereocenters. The lowest BCUT2D eigenvalue weighted by atomic mass is 9.66. The van der Waals surface area contributed by atoms with Gasteiger partial charge in [-0.1, -0.05) is 18.6 Å². The highest BCUT2D eigenvalue weighted by atomic mass is 32.2. The second-order valence-electron chi connectivity index (χ2n) is 5.70. The van der Waals surface area contributed by atoms with Crippen molar-refractivity contribution < 1.29 is 13.2 Å². The van der Waals surface area contributed by atoms with Crippen LogP contribution in [0.25, 0.3) is 0 Å². The van der Waals surface area contributed by atoms with Gasteiger partial charge in [-0.2, -0.15) is 0 Å². The molecule has 0 heterocycles. The molecule has 0 aromatic heterocycles. The third-order valence-corrected chi connectivity index (χ3v) is 5.01. The van der Waals surface area contributed by atoms with E-state index in [0.29, 0.717) is 18.5 Å². The highest BCUT2D eigenvalue weighted by Gasteiger charge is 2.37. The van der Waals surface area contributed by atoms with E-state index in [9.17, 15) is 13.2 Å². The average molecular weight is 311 g/mol. The van der Waals surface area contributed by atoms with E-state index in [1.807, 2.05) is 0 Å². The van der Waals surface area contributed by atoms with E-state index in [-0.39, 0.29) is 22.8 Å². The van der Waals surface area contributed by atoms with E-state index in [2.05, 4.69) is 5.32 Å². The van der Waals surface area contributed by atoms with E-state index in [1.54, 1.807) is 12.1 Å². The second kappa shape index (κ2) is 6.13. The molecule has 1 aliphatic carbocycles. The highest BCUT2D eigenvalue weighted by molar-refractivity contribution is 7.89. The predicted molar refractivity (Wildman–Crippen MR) is 79.6 cm³/mol. The zero-order valence-corrected chi connectivity index (χ0v) is 12.7. The van der Waals surface area contributed by atoms with Crippen molar-refractivity contribution in [2.45, 2.75) is 37.1 Å². The summed E-state index contributed by atoms with van der Waals surface area (Å²) in [4.78, 5) is 12.0. The van der Waals surface area contributed by atoms with E-state index >= 15 is 0 Å². The molecule has 1 fully saturated rings. The Kier molecular flexibility index (Phi) is 4.65. The van der Waals surface area contributed by atoms with Crippen molar-refractivity contribution in [2.24, 2.45) is 16.3 Å². The number of nitrogens with one attached hydrogen (secondary N) is 1. The normalized spacial score (nSPS) is 17.0. The van der Waals surface area contributed by atoms with Crippen molar-refractivity contribution >= 4 is 15.9 Å². The van der Waals surface area contributed by atoms with Crippen LogP contribution in [0.3, 0.4) is 0 Å². The van der Waals surface area contributed by atoms with Crippen LogP contribution in [0.15, 0.2) is 29.2 Å². The molecule has 0 radical (unpaired) electrons. The van der Waals surface area contributed by atoms with Crippen molar-refractivity contribution in [3.63, 3.8) is 0 Å². The molecule has 6 nitrogen and oxygen atoms in total. The fourth-order valence-electron chi connectivity index (χ4n) is 2.57. The van der Waals surface area contributed by atoms with Crippen LogP contribution in [0.1, 0.15) is 31.2 Å². The minimum absolute atomic E-state index is 0.0352. The first-order valence-corrected chi connectivity index (χ1v) is 8.48. The molecule has 1 aliphatic rings. The van der Waals surface area contributed by atoms with Crippen LogP contribution in [0.4, 0.5) is 0 Å². The number of benzene rings is 1. The van der Waals surface area contributed by atoms with Crippen LogP contribution >= 0.6 is 0 Å². The standard InChI is InChI=1S/C14H21N3O3S/c15-10-14(5-2-6-14)8-13(18)17-9-11-3-1-4-12(7-11)21(16,19)20/h1,3-4,7H,2,5-6,8-10,15H2,(H,17,18)(H2,16,19,20). The molecule has 1 amide bonds. The lowest BCUT2D eigenvalue weighted by molar-refractivity contribution is -0.124. The number of hydrogen-bond donors (Lipinski definition) is 3. The molecule has 0 spiro atoms. The van der Waals surface area contributed by atoms with Crippen LogP contribution in [0.2, 0.25) is 0 Å². The Morgan fingerprint density at radius 3 is 2.57 bits per heavy atom. The van der Waals surface area contributed by atoms with Crippen LogP contribution in [-0.4, -0.2) is 20.9 Å². The van der Waals surface area contributed by atoms with Gasteiger partial charge >= 0.3 is 0 Å². The highest BCUT2D eigenvalue weighted by Crippen LogP contribution is 2.42. The fourth-order valence-corrected chi connectivity index (χ4v) is 3.15. The monoisotopic (exact) mass is 311 g/mol. The van der Waals surface area contributed by atoms with Gasteiger partial charge in [-0.25, -0.2) is 13.6 Å². The van der Waals surface area contributed by atoms with Crippen molar-refractivity contribution in [1.82, 2.24) is 5.32 Å². The van der Waals surface area contributed by atoms with Crippen LogP contribution in [0, 0.1) is 5.41 Å². The van der Waals surface area contributed by atoms with Crippen LogP contribution in [0.5, 0.6) is 0 Å². The summed E-state index contributed by atoms with van der Waals surface area (Å²) in [6, 6.07) is 6.25. The SMILES string of the molecule is NCC1(CC(=O)NCc2cccc(S(N)(=O)=O)c2)CCC1. The Labute approximate surface area is 124 Å². The maximum absolute atomic E-state index is 12.0. The Balaban J connectivity index is 1.92. The third kappa shape index (κ3) is 4.03. The zero-order valence-electron chi connectivity index (χ0n) is 11.8. The molecule has 0 atom stereocenters. The quantitative estimate of drug-likeness (QED) is 0.708. The van der Waals surface area contributed by atoms with Crippen LogP contribution < -0.4 is 16.2 Å². The molecule has 1 aromatic rings. The summed E-state index contributed by atoms with van der Waals surface area (Å²) in [6.07, 6.45) is 3.55. The van der Waals surface area contributed by atoms with E-state index < -0.39 is 10.0 Å². The third-order valence-electron chi connectivity index (χ3n) is 4.10. The molecular formula is C14H21N3O3S. The van der Waals surface area contributed by atoms with Gasteiger partial charge in [0.25, 0.3) is 0 Å². The largest absolute Gasteiger partial charge is 0.352 e. The number of carbonyl (C=O) groups is 1. The molecule has 1 aromatic carbocycles. The summed E-state index contributed by atoms with van der Waals surface area (Å²) in [5, 5.41) is 7.89. The van der Waals surface area contributed by atoms with Gasteiger partial charge in [0.2, 0.25) is 15.9 Å². The number of rotatable bonds is 6. The summed E-state index contributed by atoms with van der Waals surface area (Å²) in [7, 11) is -3.72. The number of amides is 1. The molecule has 21 heavy (non-hydrogen) atoms. The van der Waals surface area contributed by atoms with Crippen LogP contribution in [-0.2, 0) is 21.4 Å². The minimum Gasteiger partial charge on any atom is -0.352 e. The van der Waals surface area contributed by atoms with E-state index in [1.165, 1.54) is 12.1 Å². The molecule has 116 valence electrons. The van der Waals surface area contributed by atoms with Gasteiger partial charge in [0, 0.05) is 13.0 Å². The first-order valence-electron chi connectivity index (χ1n) is 6.93. The van der Waals surface area contributed by atoms with Gasteiger partial charge < -0.3 is 11.1 Å². The Morgan fingerprint density at radius 2 is 2.05 bits per heavy atom. The maximum atomic E-state index is 12.0. The van der Waals surface area contributed by atoms with E-state index in [0.717, 1.165) is 19.3 Å². The molecule has 5 N–H and O–H groups in total. The maximum Gasteiger partial charge on any atom is 0.238 e. The number of primary sulfonamides is 1. The molecule has 2 rings (SSSR count). The fraction of sp³-hybridized carbons (Fsp3) is 0.500. The Bertz CT molecular complexity index is 619. The van der Waals surface area contributed by atoms with Gasteiger partial charge in [-0.3, -0.25) is 4.79 Å².